The first-order valence-corrected chi connectivity index (χ1v) is 9.09. The van der Waals surface area contributed by atoms with Crippen LogP contribution in [0, 0.1) is 0 Å². The number of urea groups is 1. The fraction of sp³-hybridized carbons (Fsp3) is 0.917. The third-order valence-electron chi connectivity index (χ3n) is 3.57. The van der Waals surface area contributed by atoms with Crippen LogP contribution in [-0.4, -0.2) is 49.9 Å². The van der Waals surface area contributed by atoms with Crippen molar-refractivity contribution in [1.29, 1.82) is 0 Å². The van der Waals surface area contributed by atoms with Crippen LogP contribution in [0.1, 0.15) is 25.7 Å². The van der Waals surface area contributed by atoms with Gasteiger partial charge in [0.15, 0.2) is 0 Å². The monoisotopic (exact) mass is 322 g/mol. The Morgan fingerprint density at radius 3 is 2.80 bits per heavy atom. The molecule has 116 valence electrons. The van der Waals surface area contributed by atoms with Crippen LogP contribution in [0.4, 0.5) is 4.79 Å². The standard InChI is InChI=1S/C12H23N2O4PS/c1-16-19(17-2)18-7-5-3-4-6-10-11-9(8-20-10)13-12(15)14-11/h9-11H,3-8H2,1-2H3,(H2,13,14,15)/t9-,10-,11-/m0/s1. The summed E-state index contributed by atoms with van der Waals surface area (Å²) in [7, 11) is 2.02. The van der Waals surface area contributed by atoms with E-state index < -0.39 is 8.60 Å². The average molecular weight is 322 g/mol. The van der Waals surface area contributed by atoms with Gasteiger partial charge in [-0.1, -0.05) is 12.8 Å². The van der Waals surface area contributed by atoms with E-state index >= 15 is 0 Å². The van der Waals surface area contributed by atoms with Gasteiger partial charge >= 0.3 is 14.6 Å². The number of fused-ring (bicyclic) bond motifs is 1. The maximum atomic E-state index is 11.3. The van der Waals surface area contributed by atoms with Crippen molar-refractivity contribution in [3.63, 3.8) is 0 Å². The molecular weight excluding hydrogens is 299 g/mol. The molecule has 3 atom stereocenters. The van der Waals surface area contributed by atoms with Gasteiger partial charge in [-0.15, -0.1) is 0 Å². The number of nitrogens with one attached hydrogen (secondary N) is 2. The summed E-state index contributed by atoms with van der Waals surface area (Å²) in [6.45, 7) is 0.676. The van der Waals surface area contributed by atoms with Crippen molar-refractivity contribution in [2.45, 2.75) is 43.0 Å². The van der Waals surface area contributed by atoms with Gasteiger partial charge in [0.25, 0.3) is 0 Å². The Hall–Kier alpha value is -0.0700. The highest BCUT2D eigenvalue weighted by atomic mass is 32.2. The Morgan fingerprint density at radius 1 is 1.25 bits per heavy atom. The number of carbonyl (C=O) groups excluding carboxylic acids is 1. The molecule has 2 aliphatic rings. The van der Waals surface area contributed by atoms with Crippen LogP contribution in [0.3, 0.4) is 0 Å². The molecule has 0 saturated carbocycles. The maximum Gasteiger partial charge on any atom is 0.332 e. The summed E-state index contributed by atoms with van der Waals surface area (Å²) in [5.74, 6) is 1.03. The van der Waals surface area contributed by atoms with Gasteiger partial charge in [0.2, 0.25) is 0 Å². The summed E-state index contributed by atoms with van der Waals surface area (Å²) >= 11 is 1.97. The van der Waals surface area contributed by atoms with Crippen LogP contribution < -0.4 is 10.6 Å². The predicted molar refractivity (Wildman–Crippen MR) is 80.8 cm³/mol. The van der Waals surface area contributed by atoms with E-state index in [1.807, 2.05) is 11.8 Å². The van der Waals surface area contributed by atoms with E-state index in [1.165, 1.54) is 0 Å². The molecule has 2 amide bonds. The number of thioether (sulfide) groups is 1. The molecule has 2 fully saturated rings. The molecular formula is C12H23N2O4PS. The van der Waals surface area contributed by atoms with Crippen molar-refractivity contribution in [1.82, 2.24) is 10.6 Å². The number of carbonyl (C=O) groups is 1. The normalized spacial score (nSPS) is 28.6. The summed E-state index contributed by atoms with van der Waals surface area (Å²) in [5, 5.41) is 6.54. The number of rotatable bonds is 9. The highest BCUT2D eigenvalue weighted by molar-refractivity contribution is 8.00. The van der Waals surface area contributed by atoms with Crippen LogP contribution in [-0.2, 0) is 13.6 Å². The largest absolute Gasteiger partial charge is 0.332 e. The second-order valence-electron chi connectivity index (χ2n) is 4.89. The third-order valence-corrected chi connectivity index (χ3v) is 6.06. The maximum absolute atomic E-state index is 11.3. The van der Waals surface area contributed by atoms with E-state index in [4.69, 9.17) is 13.6 Å². The minimum atomic E-state index is -1.16. The summed E-state index contributed by atoms with van der Waals surface area (Å²) in [5.41, 5.74) is 0. The van der Waals surface area contributed by atoms with Gasteiger partial charge in [-0.25, -0.2) is 4.79 Å². The molecule has 2 saturated heterocycles. The van der Waals surface area contributed by atoms with Crippen LogP contribution >= 0.6 is 20.4 Å². The van der Waals surface area contributed by atoms with E-state index in [1.54, 1.807) is 14.2 Å². The zero-order valence-electron chi connectivity index (χ0n) is 12.0. The summed E-state index contributed by atoms with van der Waals surface area (Å²) in [4.78, 5) is 11.3. The van der Waals surface area contributed by atoms with Crippen molar-refractivity contribution < 1.29 is 18.4 Å². The molecule has 0 unspecified atom stereocenters. The molecule has 0 aromatic carbocycles. The second kappa shape index (κ2) is 8.39. The lowest BCUT2D eigenvalue weighted by Crippen LogP contribution is -2.36. The Kier molecular flexibility index (Phi) is 6.84. The van der Waals surface area contributed by atoms with Gasteiger partial charge in [0, 0.05) is 25.2 Å². The van der Waals surface area contributed by atoms with Crippen LogP contribution in [0.2, 0.25) is 0 Å². The van der Waals surface area contributed by atoms with Crippen LogP contribution in [0.5, 0.6) is 0 Å². The fourth-order valence-corrected chi connectivity index (χ4v) is 4.77. The van der Waals surface area contributed by atoms with E-state index in [-0.39, 0.29) is 6.03 Å². The first-order valence-electron chi connectivity index (χ1n) is 6.94. The highest BCUT2D eigenvalue weighted by Gasteiger charge is 2.42. The topological polar surface area (TPSA) is 68.8 Å². The smallest absolute Gasteiger partial charge is 0.332 e. The molecule has 2 aliphatic heterocycles. The minimum Gasteiger partial charge on any atom is -0.332 e. The van der Waals surface area contributed by atoms with Crippen LogP contribution in [0.25, 0.3) is 0 Å². The average Bonchev–Trinajstić information content (AvgIpc) is 2.98. The van der Waals surface area contributed by atoms with Crippen molar-refractivity contribution in [3.05, 3.63) is 0 Å². The molecule has 0 aromatic rings. The fourth-order valence-electron chi connectivity index (χ4n) is 2.59. The van der Waals surface area contributed by atoms with Crippen molar-refractivity contribution in [2.24, 2.45) is 0 Å². The molecule has 0 bridgehead atoms. The van der Waals surface area contributed by atoms with Gasteiger partial charge in [0.1, 0.15) is 0 Å². The van der Waals surface area contributed by atoms with Gasteiger partial charge in [-0.3, -0.25) is 0 Å². The lowest BCUT2D eigenvalue weighted by Gasteiger charge is -2.16. The molecule has 6 nitrogen and oxygen atoms in total. The van der Waals surface area contributed by atoms with E-state index in [0.29, 0.717) is 23.9 Å². The van der Waals surface area contributed by atoms with Crippen molar-refractivity contribution in [2.75, 3.05) is 26.6 Å². The van der Waals surface area contributed by atoms with Crippen molar-refractivity contribution >= 4 is 26.4 Å². The molecule has 2 heterocycles. The van der Waals surface area contributed by atoms with Crippen LogP contribution in [0.15, 0.2) is 0 Å². The predicted octanol–water partition coefficient (Wildman–Crippen LogP) is 2.25. The highest BCUT2D eigenvalue weighted by Crippen LogP contribution is 2.37. The molecule has 20 heavy (non-hydrogen) atoms. The molecule has 2 N–H and O–H groups in total. The van der Waals surface area contributed by atoms with Gasteiger partial charge in [-0.05, 0) is 12.8 Å². The summed E-state index contributed by atoms with van der Waals surface area (Å²) in [6.07, 6.45) is 4.46. The second-order valence-corrected chi connectivity index (χ2v) is 7.60. The first-order chi connectivity index (χ1) is 9.74. The SMILES string of the molecule is COP(OC)OCCCCC[C@@H]1SC[C@@H]2NC(=O)N[C@@H]21. The molecule has 0 aliphatic carbocycles. The lowest BCUT2D eigenvalue weighted by molar-refractivity contribution is 0.202. The zero-order valence-corrected chi connectivity index (χ0v) is 13.7. The summed E-state index contributed by atoms with van der Waals surface area (Å²) in [6, 6.07) is 0.637. The first kappa shape index (κ1) is 16.3. The Bertz CT molecular complexity index is 320. The van der Waals surface area contributed by atoms with E-state index in [2.05, 4.69) is 10.6 Å². The number of amides is 2. The van der Waals surface area contributed by atoms with Crippen molar-refractivity contribution in [3.8, 4) is 0 Å². The molecule has 0 spiro atoms. The molecule has 2 rings (SSSR count). The summed E-state index contributed by atoms with van der Waals surface area (Å²) < 4.78 is 15.5. The lowest BCUT2D eigenvalue weighted by atomic mass is 10.0. The Morgan fingerprint density at radius 2 is 2.05 bits per heavy atom. The zero-order chi connectivity index (χ0) is 14.4. The third kappa shape index (κ3) is 4.46. The number of hydrogen-bond donors (Lipinski definition) is 2. The minimum absolute atomic E-state index is 0.00816. The van der Waals surface area contributed by atoms with E-state index in [9.17, 15) is 4.79 Å². The number of unbranched alkanes of at least 4 members (excludes halogenated alkanes) is 2. The Balaban J connectivity index is 1.52. The Labute approximate surface area is 125 Å². The van der Waals surface area contributed by atoms with Gasteiger partial charge < -0.3 is 24.2 Å². The molecule has 0 aromatic heterocycles. The molecule has 8 heteroatoms. The van der Waals surface area contributed by atoms with Gasteiger partial charge in [0.05, 0.1) is 18.7 Å². The molecule has 0 radical (unpaired) electrons. The quantitative estimate of drug-likeness (QED) is 0.387. The van der Waals surface area contributed by atoms with E-state index in [0.717, 1.165) is 31.4 Å². The van der Waals surface area contributed by atoms with Gasteiger partial charge in [-0.2, -0.15) is 11.8 Å². The number of hydrogen-bond acceptors (Lipinski definition) is 5.